The highest BCUT2D eigenvalue weighted by atomic mass is 19.1. The average molecular weight is 327 g/mol. The Labute approximate surface area is 142 Å². The summed E-state index contributed by atoms with van der Waals surface area (Å²) in [7, 11) is 0. The maximum absolute atomic E-state index is 12.8. The second-order valence-electron chi connectivity index (χ2n) is 6.25. The molecule has 0 bridgehead atoms. The number of carbonyl (C=O) groups is 1. The molecule has 2 aromatic carbocycles. The first kappa shape index (κ1) is 16.5. The van der Waals surface area contributed by atoms with Crippen molar-refractivity contribution in [3.63, 3.8) is 0 Å². The molecular weight excluding hydrogens is 305 g/mol. The van der Waals surface area contributed by atoms with Gasteiger partial charge in [-0.3, -0.25) is 4.79 Å². The van der Waals surface area contributed by atoms with Crippen LogP contribution in [0.2, 0.25) is 0 Å². The van der Waals surface area contributed by atoms with E-state index in [-0.39, 0.29) is 11.7 Å². The van der Waals surface area contributed by atoms with E-state index in [1.807, 2.05) is 35.2 Å². The molecule has 1 amide bonds. The second-order valence-corrected chi connectivity index (χ2v) is 6.25. The minimum atomic E-state index is -0.259. The standard InChI is InChI=1S/C20H22FNO2/c21-18-6-8-19(9-7-18)24-13-11-17-10-12-22(15-17)20(23)14-16-4-2-1-3-5-16/h1-9,17H,10-15H2. The van der Waals surface area contributed by atoms with E-state index in [1.165, 1.54) is 12.1 Å². The van der Waals surface area contributed by atoms with Crippen LogP contribution < -0.4 is 4.74 Å². The molecule has 1 saturated heterocycles. The summed E-state index contributed by atoms with van der Waals surface area (Å²) in [4.78, 5) is 14.3. The van der Waals surface area contributed by atoms with E-state index in [1.54, 1.807) is 12.1 Å². The topological polar surface area (TPSA) is 29.5 Å². The molecule has 0 saturated carbocycles. The molecule has 0 spiro atoms. The molecule has 3 nitrogen and oxygen atoms in total. The Morgan fingerprint density at radius 1 is 1.12 bits per heavy atom. The van der Waals surface area contributed by atoms with Gasteiger partial charge in [-0.1, -0.05) is 30.3 Å². The van der Waals surface area contributed by atoms with Crippen molar-refractivity contribution in [1.29, 1.82) is 0 Å². The van der Waals surface area contributed by atoms with Gasteiger partial charge in [0.1, 0.15) is 11.6 Å². The van der Waals surface area contributed by atoms with Crippen LogP contribution in [0.3, 0.4) is 0 Å². The number of ether oxygens (including phenoxy) is 1. The largest absolute Gasteiger partial charge is 0.494 e. The molecule has 126 valence electrons. The lowest BCUT2D eigenvalue weighted by Crippen LogP contribution is -2.30. The number of hydrogen-bond donors (Lipinski definition) is 0. The van der Waals surface area contributed by atoms with Gasteiger partial charge in [-0.15, -0.1) is 0 Å². The predicted molar refractivity (Wildman–Crippen MR) is 91.3 cm³/mol. The van der Waals surface area contributed by atoms with Crippen LogP contribution in [0.25, 0.3) is 0 Å². The number of rotatable bonds is 6. The van der Waals surface area contributed by atoms with Crippen LogP contribution in [0.4, 0.5) is 4.39 Å². The average Bonchev–Trinajstić information content (AvgIpc) is 3.07. The third-order valence-electron chi connectivity index (χ3n) is 4.45. The Kier molecular flexibility index (Phi) is 5.47. The van der Waals surface area contributed by atoms with Crippen LogP contribution in [0, 0.1) is 11.7 Å². The molecule has 1 unspecified atom stereocenters. The molecule has 4 heteroatoms. The molecule has 3 rings (SSSR count). The number of halogens is 1. The van der Waals surface area contributed by atoms with E-state index in [2.05, 4.69) is 0 Å². The lowest BCUT2D eigenvalue weighted by molar-refractivity contribution is -0.129. The molecule has 0 radical (unpaired) electrons. The number of likely N-dealkylation sites (tertiary alicyclic amines) is 1. The summed E-state index contributed by atoms with van der Waals surface area (Å²) >= 11 is 0. The lowest BCUT2D eigenvalue weighted by Gasteiger charge is -2.17. The van der Waals surface area contributed by atoms with Gasteiger partial charge in [0.15, 0.2) is 0 Å². The van der Waals surface area contributed by atoms with Crippen molar-refractivity contribution in [2.45, 2.75) is 19.3 Å². The van der Waals surface area contributed by atoms with E-state index in [0.29, 0.717) is 24.7 Å². The molecule has 1 atom stereocenters. The van der Waals surface area contributed by atoms with E-state index < -0.39 is 0 Å². The Morgan fingerprint density at radius 2 is 1.88 bits per heavy atom. The zero-order valence-electron chi connectivity index (χ0n) is 13.7. The van der Waals surface area contributed by atoms with E-state index in [4.69, 9.17) is 4.74 Å². The van der Waals surface area contributed by atoms with Crippen LogP contribution >= 0.6 is 0 Å². The van der Waals surface area contributed by atoms with Gasteiger partial charge in [0, 0.05) is 13.1 Å². The highest BCUT2D eigenvalue weighted by molar-refractivity contribution is 5.79. The normalized spacial score (nSPS) is 17.0. The predicted octanol–water partition coefficient (Wildman–Crippen LogP) is 3.69. The minimum Gasteiger partial charge on any atom is -0.494 e. The third-order valence-corrected chi connectivity index (χ3v) is 4.45. The van der Waals surface area contributed by atoms with E-state index in [9.17, 15) is 9.18 Å². The van der Waals surface area contributed by atoms with E-state index >= 15 is 0 Å². The Hall–Kier alpha value is -2.36. The van der Waals surface area contributed by atoms with Crippen LogP contribution in [0.5, 0.6) is 5.75 Å². The zero-order valence-corrected chi connectivity index (χ0v) is 13.7. The number of benzene rings is 2. The fraction of sp³-hybridized carbons (Fsp3) is 0.350. The van der Waals surface area contributed by atoms with Crippen molar-refractivity contribution in [3.8, 4) is 5.75 Å². The molecular formula is C20H22FNO2. The number of amides is 1. The SMILES string of the molecule is O=C(Cc1ccccc1)N1CCC(CCOc2ccc(F)cc2)C1. The number of hydrogen-bond acceptors (Lipinski definition) is 2. The summed E-state index contributed by atoms with van der Waals surface area (Å²) in [5, 5.41) is 0. The van der Waals surface area contributed by atoms with Gasteiger partial charge in [0.2, 0.25) is 5.91 Å². The summed E-state index contributed by atoms with van der Waals surface area (Å²) in [6.45, 7) is 2.22. The molecule has 1 aliphatic heterocycles. The first-order valence-corrected chi connectivity index (χ1v) is 8.41. The Morgan fingerprint density at radius 3 is 2.62 bits per heavy atom. The number of carbonyl (C=O) groups excluding carboxylic acids is 1. The van der Waals surface area contributed by atoms with Gasteiger partial charge in [-0.05, 0) is 48.6 Å². The first-order chi connectivity index (χ1) is 11.7. The molecule has 0 aliphatic carbocycles. The van der Waals surface area contributed by atoms with Crippen molar-refractivity contribution in [1.82, 2.24) is 4.90 Å². The summed E-state index contributed by atoms with van der Waals surface area (Å²) in [5.74, 6) is 1.10. The quantitative estimate of drug-likeness (QED) is 0.810. The fourth-order valence-corrected chi connectivity index (χ4v) is 3.05. The zero-order chi connectivity index (χ0) is 16.8. The van der Waals surface area contributed by atoms with Gasteiger partial charge in [0.25, 0.3) is 0 Å². The van der Waals surface area contributed by atoms with Gasteiger partial charge in [-0.25, -0.2) is 4.39 Å². The van der Waals surface area contributed by atoms with Crippen LogP contribution in [-0.2, 0) is 11.2 Å². The summed E-state index contributed by atoms with van der Waals surface area (Å²) in [6.07, 6.45) is 2.40. The van der Waals surface area contributed by atoms with Crippen LogP contribution in [-0.4, -0.2) is 30.5 Å². The maximum Gasteiger partial charge on any atom is 0.226 e. The fourth-order valence-electron chi connectivity index (χ4n) is 3.05. The third kappa shape index (κ3) is 4.57. The first-order valence-electron chi connectivity index (χ1n) is 8.41. The Bertz CT molecular complexity index is 657. The second kappa shape index (κ2) is 7.95. The van der Waals surface area contributed by atoms with Gasteiger partial charge in [0.05, 0.1) is 13.0 Å². The molecule has 24 heavy (non-hydrogen) atoms. The summed E-state index contributed by atoms with van der Waals surface area (Å²) in [6, 6.07) is 15.9. The molecule has 0 N–H and O–H groups in total. The molecule has 1 heterocycles. The highest BCUT2D eigenvalue weighted by Gasteiger charge is 2.25. The summed E-state index contributed by atoms with van der Waals surface area (Å²) in [5.41, 5.74) is 1.06. The lowest BCUT2D eigenvalue weighted by atomic mass is 10.1. The van der Waals surface area contributed by atoms with Gasteiger partial charge in [-0.2, -0.15) is 0 Å². The highest BCUT2D eigenvalue weighted by Crippen LogP contribution is 2.21. The summed E-state index contributed by atoms with van der Waals surface area (Å²) < 4.78 is 18.5. The molecule has 1 aliphatic rings. The van der Waals surface area contributed by atoms with Crippen molar-refractivity contribution in [2.24, 2.45) is 5.92 Å². The van der Waals surface area contributed by atoms with Crippen LogP contribution in [0.15, 0.2) is 54.6 Å². The molecule has 1 fully saturated rings. The smallest absolute Gasteiger partial charge is 0.226 e. The van der Waals surface area contributed by atoms with Crippen molar-refractivity contribution in [3.05, 3.63) is 66.0 Å². The molecule has 2 aromatic rings. The minimum absolute atomic E-state index is 0.197. The van der Waals surface area contributed by atoms with E-state index in [0.717, 1.165) is 31.5 Å². The van der Waals surface area contributed by atoms with Crippen molar-refractivity contribution in [2.75, 3.05) is 19.7 Å². The van der Waals surface area contributed by atoms with Crippen molar-refractivity contribution >= 4 is 5.91 Å². The van der Waals surface area contributed by atoms with Gasteiger partial charge >= 0.3 is 0 Å². The number of nitrogens with zero attached hydrogens (tertiary/aromatic N) is 1. The monoisotopic (exact) mass is 327 g/mol. The van der Waals surface area contributed by atoms with Gasteiger partial charge < -0.3 is 9.64 Å². The van der Waals surface area contributed by atoms with Crippen LogP contribution in [0.1, 0.15) is 18.4 Å². The Balaban J connectivity index is 1.40. The maximum atomic E-state index is 12.8. The molecule has 0 aromatic heterocycles. The van der Waals surface area contributed by atoms with Crippen molar-refractivity contribution < 1.29 is 13.9 Å².